The van der Waals surface area contributed by atoms with E-state index in [9.17, 15) is 8.42 Å². The molecule has 1 rings (SSSR count). The van der Waals surface area contributed by atoms with Gasteiger partial charge in [-0.25, -0.2) is 18.4 Å². The molecule has 0 aromatic carbocycles. The van der Waals surface area contributed by atoms with Crippen LogP contribution in [0.25, 0.3) is 0 Å². The third kappa shape index (κ3) is 3.81. The molecule has 0 saturated carbocycles. The Labute approximate surface area is 92.0 Å². The molecule has 0 saturated heterocycles. The average molecular weight is 253 g/mol. The smallest absolute Gasteiger partial charge is 0.188 e. The van der Waals surface area contributed by atoms with Crippen molar-refractivity contribution in [2.45, 2.75) is 10.9 Å². The third-order valence-corrected chi connectivity index (χ3v) is 2.88. The van der Waals surface area contributed by atoms with Crippen LogP contribution in [0.1, 0.15) is 5.69 Å². The second-order valence-corrected chi connectivity index (χ2v) is 6.04. The van der Waals surface area contributed by atoms with Gasteiger partial charge in [0.2, 0.25) is 0 Å². The molecule has 0 bridgehead atoms. The minimum atomic E-state index is -3.08. The van der Waals surface area contributed by atoms with Crippen molar-refractivity contribution in [2.75, 3.05) is 12.5 Å². The van der Waals surface area contributed by atoms with E-state index in [0.29, 0.717) is 10.9 Å². The zero-order valence-electron chi connectivity index (χ0n) is 7.69. The summed E-state index contributed by atoms with van der Waals surface area (Å²) in [6.07, 6.45) is 2.96. The molecule has 78 valence electrons. The number of hydrogen-bond acceptors (Lipinski definition) is 5. The van der Waals surface area contributed by atoms with Crippen LogP contribution in [0.5, 0.6) is 0 Å². The van der Waals surface area contributed by atoms with Crippen LogP contribution in [-0.4, -0.2) is 30.9 Å². The first-order valence-corrected chi connectivity index (χ1v) is 7.32. The molecule has 1 aromatic heterocycles. The summed E-state index contributed by atoms with van der Waals surface area (Å²) >= 11 is 7.02. The molecule has 0 aliphatic rings. The van der Waals surface area contributed by atoms with Gasteiger partial charge in [0.1, 0.15) is 5.15 Å². The molecule has 0 amide bonds. The third-order valence-electron chi connectivity index (χ3n) is 1.32. The number of nitrogens with zero attached hydrogens (tertiary/aromatic N) is 2. The van der Waals surface area contributed by atoms with Gasteiger partial charge >= 0.3 is 0 Å². The summed E-state index contributed by atoms with van der Waals surface area (Å²) in [6.45, 7) is 0. The Bertz CT molecular complexity index is 433. The zero-order chi connectivity index (χ0) is 10.8. The molecule has 14 heavy (non-hydrogen) atoms. The van der Waals surface area contributed by atoms with Crippen molar-refractivity contribution in [1.29, 1.82) is 0 Å². The highest BCUT2D eigenvalue weighted by molar-refractivity contribution is 7.98. The number of hydrogen-bond donors (Lipinski definition) is 0. The highest BCUT2D eigenvalue weighted by atomic mass is 35.5. The maximum Gasteiger partial charge on any atom is 0.188 e. The van der Waals surface area contributed by atoms with Crippen LogP contribution in [0.4, 0.5) is 0 Å². The fraction of sp³-hybridized carbons (Fsp3) is 0.429. The van der Waals surface area contributed by atoms with Gasteiger partial charge in [0.25, 0.3) is 0 Å². The van der Waals surface area contributed by atoms with Gasteiger partial charge in [-0.05, 0) is 12.3 Å². The van der Waals surface area contributed by atoms with E-state index in [2.05, 4.69) is 9.97 Å². The molecule has 7 heteroatoms. The minimum Gasteiger partial charge on any atom is -0.229 e. The standard InChI is InChI=1S/C7H9ClN2O2S2/c1-13-7-9-5(3-6(8)10-7)4-14(2,11)12/h3H,4H2,1-2H3. The Morgan fingerprint density at radius 1 is 1.50 bits per heavy atom. The van der Waals surface area contributed by atoms with Crippen molar-refractivity contribution >= 4 is 33.2 Å². The summed E-state index contributed by atoms with van der Waals surface area (Å²) in [5.74, 6) is -0.108. The van der Waals surface area contributed by atoms with Gasteiger partial charge in [-0.2, -0.15) is 0 Å². The lowest BCUT2D eigenvalue weighted by molar-refractivity contribution is 0.600. The zero-order valence-corrected chi connectivity index (χ0v) is 10.1. The number of halogens is 1. The normalized spacial score (nSPS) is 11.6. The van der Waals surface area contributed by atoms with Gasteiger partial charge in [-0.15, -0.1) is 0 Å². The van der Waals surface area contributed by atoms with Gasteiger partial charge in [-0.1, -0.05) is 23.4 Å². The lowest BCUT2D eigenvalue weighted by Gasteiger charge is -2.01. The lowest BCUT2D eigenvalue weighted by atomic mass is 10.5. The van der Waals surface area contributed by atoms with Gasteiger partial charge in [-0.3, -0.25) is 0 Å². The van der Waals surface area contributed by atoms with Crippen LogP contribution >= 0.6 is 23.4 Å². The number of rotatable bonds is 3. The molecule has 4 nitrogen and oxygen atoms in total. The quantitative estimate of drug-likeness (QED) is 0.462. The first-order valence-electron chi connectivity index (χ1n) is 3.66. The van der Waals surface area contributed by atoms with E-state index in [1.807, 2.05) is 0 Å². The molecule has 0 fully saturated rings. The van der Waals surface area contributed by atoms with Crippen molar-refractivity contribution in [3.63, 3.8) is 0 Å². The van der Waals surface area contributed by atoms with E-state index in [1.54, 1.807) is 6.26 Å². The van der Waals surface area contributed by atoms with Crippen LogP contribution in [0.3, 0.4) is 0 Å². The molecule has 0 unspecified atom stereocenters. The first kappa shape index (κ1) is 11.7. The SMILES string of the molecule is CSc1nc(Cl)cc(CS(C)(=O)=O)n1. The minimum absolute atomic E-state index is 0.108. The van der Waals surface area contributed by atoms with Crippen LogP contribution in [-0.2, 0) is 15.6 Å². The van der Waals surface area contributed by atoms with Gasteiger partial charge in [0.15, 0.2) is 15.0 Å². The highest BCUT2D eigenvalue weighted by Crippen LogP contribution is 2.15. The van der Waals surface area contributed by atoms with Gasteiger partial charge in [0.05, 0.1) is 11.4 Å². The summed E-state index contributed by atoms with van der Waals surface area (Å²) in [7, 11) is -3.08. The van der Waals surface area contributed by atoms with Gasteiger partial charge < -0.3 is 0 Å². The Kier molecular flexibility index (Phi) is 3.74. The molecule has 0 atom stereocenters. The fourth-order valence-electron chi connectivity index (χ4n) is 0.875. The lowest BCUT2D eigenvalue weighted by Crippen LogP contribution is -2.04. The van der Waals surface area contributed by atoms with E-state index < -0.39 is 9.84 Å². The summed E-state index contributed by atoms with van der Waals surface area (Å²) < 4.78 is 22.0. The molecule has 0 aliphatic carbocycles. The molecule has 1 heterocycles. The van der Waals surface area contributed by atoms with Crippen LogP contribution in [0.15, 0.2) is 11.2 Å². The Balaban J connectivity index is 3.04. The largest absolute Gasteiger partial charge is 0.229 e. The molecule has 0 radical (unpaired) electrons. The Hall–Kier alpha value is -0.330. The fourth-order valence-corrected chi connectivity index (χ4v) is 2.21. The maximum absolute atomic E-state index is 11.0. The maximum atomic E-state index is 11.0. The number of sulfone groups is 1. The van der Waals surface area contributed by atoms with E-state index in [-0.39, 0.29) is 10.9 Å². The van der Waals surface area contributed by atoms with Gasteiger partial charge in [0, 0.05) is 6.26 Å². The van der Waals surface area contributed by atoms with Crippen LogP contribution in [0, 0.1) is 0 Å². The average Bonchev–Trinajstić information content (AvgIpc) is 1.99. The molecule has 0 N–H and O–H groups in total. The molecule has 1 aromatic rings. The number of aromatic nitrogens is 2. The van der Waals surface area contributed by atoms with Crippen LogP contribution < -0.4 is 0 Å². The molecule has 0 spiro atoms. The van der Waals surface area contributed by atoms with Crippen molar-refractivity contribution < 1.29 is 8.42 Å². The summed E-state index contributed by atoms with van der Waals surface area (Å²) in [5.41, 5.74) is 0.428. The number of thioether (sulfide) groups is 1. The Morgan fingerprint density at radius 3 is 2.64 bits per heavy atom. The monoisotopic (exact) mass is 252 g/mol. The highest BCUT2D eigenvalue weighted by Gasteiger charge is 2.08. The molecule has 0 aliphatic heterocycles. The van der Waals surface area contributed by atoms with E-state index in [1.165, 1.54) is 17.8 Å². The van der Waals surface area contributed by atoms with E-state index >= 15 is 0 Å². The first-order chi connectivity index (χ1) is 6.40. The summed E-state index contributed by atoms with van der Waals surface area (Å²) in [5, 5.41) is 0.749. The second-order valence-electron chi connectivity index (χ2n) is 2.74. The second kappa shape index (κ2) is 4.46. The topological polar surface area (TPSA) is 59.9 Å². The molecular formula is C7H9ClN2O2S2. The van der Waals surface area contributed by atoms with E-state index in [4.69, 9.17) is 11.6 Å². The molecular weight excluding hydrogens is 244 g/mol. The summed E-state index contributed by atoms with van der Waals surface area (Å²) in [4.78, 5) is 7.93. The Morgan fingerprint density at radius 2 is 2.14 bits per heavy atom. The van der Waals surface area contributed by atoms with Crippen LogP contribution in [0.2, 0.25) is 5.15 Å². The van der Waals surface area contributed by atoms with Crippen molar-refractivity contribution in [3.8, 4) is 0 Å². The summed E-state index contributed by atoms with van der Waals surface area (Å²) in [6, 6.07) is 1.46. The van der Waals surface area contributed by atoms with Crippen molar-refractivity contribution in [3.05, 3.63) is 16.9 Å². The van der Waals surface area contributed by atoms with Crippen molar-refractivity contribution in [1.82, 2.24) is 9.97 Å². The van der Waals surface area contributed by atoms with E-state index in [0.717, 1.165) is 6.26 Å². The van der Waals surface area contributed by atoms with Crippen molar-refractivity contribution in [2.24, 2.45) is 0 Å². The predicted molar refractivity (Wildman–Crippen MR) is 57.4 cm³/mol. The predicted octanol–water partition coefficient (Wildman–Crippen LogP) is 1.40.